The molecular weight excluding hydrogens is 468 g/mol. The summed E-state index contributed by atoms with van der Waals surface area (Å²) in [5.74, 6) is -1.65. The third kappa shape index (κ3) is 4.63. The van der Waals surface area contributed by atoms with Gasteiger partial charge in [0.1, 0.15) is 11.5 Å². The number of hydrazone groups is 1. The van der Waals surface area contributed by atoms with Crippen LogP contribution in [0, 0.1) is 11.6 Å². The van der Waals surface area contributed by atoms with Crippen LogP contribution in [-0.2, 0) is 0 Å². The van der Waals surface area contributed by atoms with Gasteiger partial charge in [0.05, 0.1) is 5.56 Å². The number of carbonyl (C=O) groups is 1. The molecule has 3 aromatic rings. The maximum Gasteiger partial charge on any atom is 0.321 e. The van der Waals surface area contributed by atoms with E-state index in [2.05, 4.69) is 31.4 Å². The van der Waals surface area contributed by atoms with E-state index in [-0.39, 0.29) is 23.4 Å². The van der Waals surface area contributed by atoms with Crippen LogP contribution in [0.3, 0.4) is 0 Å². The highest BCUT2D eigenvalue weighted by molar-refractivity contribution is 6.13. The monoisotopic (exact) mass is 493 g/mol. The van der Waals surface area contributed by atoms with Crippen molar-refractivity contribution in [3.63, 3.8) is 0 Å². The minimum atomic E-state index is -1.03. The first-order valence-electron chi connectivity index (χ1n) is 11.3. The van der Waals surface area contributed by atoms with Crippen LogP contribution in [0.4, 0.5) is 30.8 Å². The fraction of sp³-hybridized carbons (Fsp3) is 0.208. The van der Waals surface area contributed by atoms with Crippen LogP contribution in [0.1, 0.15) is 5.56 Å². The van der Waals surface area contributed by atoms with Crippen molar-refractivity contribution < 1.29 is 13.6 Å². The van der Waals surface area contributed by atoms with Crippen molar-refractivity contribution in [2.45, 2.75) is 0 Å². The smallest absolute Gasteiger partial charge is 0.321 e. The van der Waals surface area contributed by atoms with Crippen LogP contribution in [0.25, 0.3) is 11.1 Å². The average molecular weight is 494 g/mol. The van der Waals surface area contributed by atoms with Crippen molar-refractivity contribution >= 4 is 29.1 Å². The van der Waals surface area contributed by atoms with Crippen molar-refractivity contribution in [1.82, 2.24) is 25.9 Å². The molecule has 0 spiro atoms. The maximum atomic E-state index is 14.5. The zero-order chi connectivity index (χ0) is 25.2. The topological polar surface area (TPSA) is 114 Å². The number of nitrogens with zero attached hydrogens (tertiary/aromatic N) is 5. The molecule has 0 bridgehead atoms. The summed E-state index contributed by atoms with van der Waals surface area (Å²) >= 11 is 0. The van der Waals surface area contributed by atoms with E-state index in [1.165, 1.54) is 17.1 Å². The van der Waals surface area contributed by atoms with Gasteiger partial charge in [-0.3, -0.25) is 0 Å². The van der Waals surface area contributed by atoms with E-state index in [1.54, 1.807) is 17.2 Å². The second kappa shape index (κ2) is 9.76. The number of hydrogen-bond acceptors (Lipinski definition) is 8. The van der Waals surface area contributed by atoms with E-state index in [1.807, 2.05) is 31.3 Å². The molecule has 1 aromatic heterocycles. The molecule has 2 aliphatic rings. The number of benzene rings is 2. The van der Waals surface area contributed by atoms with Crippen molar-refractivity contribution in [3.8, 4) is 11.1 Å². The van der Waals surface area contributed by atoms with Gasteiger partial charge < -0.3 is 20.9 Å². The number of urea groups is 1. The van der Waals surface area contributed by atoms with Crippen LogP contribution in [0.2, 0.25) is 0 Å². The zero-order valence-electron chi connectivity index (χ0n) is 19.5. The molecule has 0 radical (unpaired) electrons. The SMILES string of the molecule is CN1CCN(C(=O)Nc2cccc(-c3cnc(N)c(C4=NNNN4c4cccc(F)c4F)c3)c2)CC1. The van der Waals surface area contributed by atoms with Gasteiger partial charge in [-0.2, -0.15) is 0 Å². The number of likely N-dealkylation sites (N-methyl/N-ethyl adjacent to an activating group) is 1. The number of piperazine rings is 1. The van der Waals surface area contributed by atoms with Crippen molar-refractivity contribution in [2.24, 2.45) is 5.10 Å². The van der Waals surface area contributed by atoms with Crippen molar-refractivity contribution in [3.05, 3.63) is 71.9 Å². The van der Waals surface area contributed by atoms with Gasteiger partial charge in [0.2, 0.25) is 0 Å². The number of pyridine rings is 1. The number of carbonyl (C=O) groups excluding carboxylic acids is 1. The van der Waals surface area contributed by atoms with Gasteiger partial charge in [-0.1, -0.05) is 18.2 Å². The maximum absolute atomic E-state index is 14.5. The molecular formula is C24H25F2N9O. The van der Waals surface area contributed by atoms with Gasteiger partial charge in [-0.05, 0) is 42.9 Å². The summed E-state index contributed by atoms with van der Waals surface area (Å²) in [6.07, 6.45) is 1.60. The lowest BCUT2D eigenvalue weighted by molar-refractivity contribution is 0.164. The van der Waals surface area contributed by atoms with E-state index in [9.17, 15) is 13.6 Å². The Bertz CT molecular complexity index is 1320. The lowest BCUT2D eigenvalue weighted by Crippen LogP contribution is -2.48. The van der Waals surface area contributed by atoms with E-state index in [0.717, 1.165) is 24.7 Å². The fourth-order valence-corrected chi connectivity index (χ4v) is 4.05. The second-order valence-corrected chi connectivity index (χ2v) is 8.53. The zero-order valence-corrected chi connectivity index (χ0v) is 19.5. The molecule has 0 unspecified atom stereocenters. The second-order valence-electron chi connectivity index (χ2n) is 8.53. The van der Waals surface area contributed by atoms with Crippen LogP contribution >= 0.6 is 0 Å². The summed E-state index contributed by atoms with van der Waals surface area (Å²) in [4.78, 5) is 20.9. The standard InChI is InChI=1S/C24H25F2N9O/c1-33-8-10-34(11-9-33)24(36)29-17-5-2-4-15(12-17)16-13-18(22(27)28-14-16)23-30-31-32-35(23)20-7-3-6-19(25)21(20)26/h2-7,12-14,31-32H,8-11H2,1H3,(H2,27,28)(H,29,36). The molecule has 5 rings (SSSR count). The Morgan fingerprint density at radius 2 is 1.83 bits per heavy atom. The molecule has 12 heteroatoms. The van der Waals surface area contributed by atoms with Crippen molar-refractivity contribution in [1.29, 1.82) is 0 Å². The highest BCUT2D eigenvalue weighted by Crippen LogP contribution is 2.28. The summed E-state index contributed by atoms with van der Waals surface area (Å²) in [5, 5.41) is 8.35. The molecule has 3 heterocycles. The molecule has 0 aliphatic carbocycles. The molecule has 2 aliphatic heterocycles. The number of hydrazine groups is 2. The summed E-state index contributed by atoms with van der Waals surface area (Å²) in [5.41, 5.74) is 13.8. The Labute approximate surface area is 206 Å². The molecule has 0 saturated carbocycles. The first-order valence-corrected chi connectivity index (χ1v) is 11.3. The van der Waals surface area contributed by atoms with Gasteiger partial charge in [0.15, 0.2) is 17.5 Å². The summed E-state index contributed by atoms with van der Waals surface area (Å²) in [6.45, 7) is 2.99. The Balaban J connectivity index is 1.40. The van der Waals surface area contributed by atoms with E-state index < -0.39 is 11.6 Å². The molecule has 36 heavy (non-hydrogen) atoms. The number of amides is 2. The number of anilines is 3. The fourth-order valence-electron chi connectivity index (χ4n) is 4.05. The van der Waals surface area contributed by atoms with Gasteiger partial charge in [-0.15, -0.1) is 10.6 Å². The lowest BCUT2D eigenvalue weighted by atomic mass is 10.0. The minimum absolute atomic E-state index is 0.0721. The van der Waals surface area contributed by atoms with Crippen LogP contribution in [-0.4, -0.2) is 59.9 Å². The Morgan fingerprint density at radius 1 is 1.06 bits per heavy atom. The molecule has 1 saturated heterocycles. The Morgan fingerprint density at radius 3 is 2.64 bits per heavy atom. The third-order valence-corrected chi connectivity index (χ3v) is 6.10. The highest BCUT2D eigenvalue weighted by Gasteiger charge is 2.27. The molecule has 5 N–H and O–H groups in total. The normalized spacial score (nSPS) is 16.0. The summed E-state index contributed by atoms with van der Waals surface area (Å²) in [6, 6.07) is 12.8. The lowest BCUT2D eigenvalue weighted by Gasteiger charge is -2.32. The Kier molecular flexibility index (Phi) is 6.36. The predicted molar refractivity (Wildman–Crippen MR) is 134 cm³/mol. The number of rotatable bonds is 4. The van der Waals surface area contributed by atoms with Crippen molar-refractivity contribution in [2.75, 3.05) is 49.3 Å². The molecule has 2 aromatic carbocycles. The van der Waals surface area contributed by atoms with Crippen LogP contribution in [0.15, 0.2) is 59.8 Å². The molecule has 2 amide bonds. The van der Waals surface area contributed by atoms with Crippen LogP contribution < -0.4 is 27.1 Å². The molecule has 186 valence electrons. The highest BCUT2D eigenvalue weighted by atomic mass is 19.2. The van der Waals surface area contributed by atoms with Gasteiger partial charge >= 0.3 is 6.03 Å². The molecule has 10 nitrogen and oxygen atoms in total. The number of nitrogens with two attached hydrogens (primary N) is 1. The number of nitrogen functional groups attached to an aromatic ring is 1. The quantitative estimate of drug-likeness (QED) is 0.442. The van der Waals surface area contributed by atoms with Crippen LogP contribution in [0.5, 0.6) is 0 Å². The van der Waals surface area contributed by atoms with Gasteiger partial charge in [0.25, 0.3) is 0 Å². The number of nitrogens with one attached hydrogen (secondary N) is 3. The third-order valence-electron chi connectivity index (χ3n) is 6.10. The van der Waals surface area contributed by atoms with Gasteiger partial charge in [0, 0.05) is 43.6 Å². The Hall–Kier alpha value is -4.29. The van der Waals surface area contributed by atoms with Gasteiger partial charge in [-0.25, -0.2) is 29.1 Å². The number of halogens is 2. The number of amidine groups is 1. The largest absolute Gasteiger partial charge is 0.383 e. The number of hydrogen-bond donors (Lipinski definition) is 4. The average Bonchev–Trinajstić information content (AvgIpc) is 3.36. The first kappa shape index (κ1) is 23.5. The summed E-state index contributed by atoms with van der Waals surface area (Å²) in [7, 11) is 2.03. The first-order chi connectivity index (χ1) is 17.4. The molecule has 1 fully saturated rings. The van der Waals surface area contributed by atoms with E-state index >= 15 is 0 Å². The predicted octanol–water partition coefficient (Wildman–Crippen LogP) is 2.58. The van der Waals surface area contributed by atoms with E-state index in [0.29, 0.717) is 29.9 Å². The van der Waals surface area contributed by atoms with E-state index in [4.69, 9.17) is 5.73 Å². The summed E-state index contributed by atoms with van der Waals surface area (Å²) < 4.78 is 28.3. The molecule has 0 atom stereocenters. The minimum Gasteiger partial charge on any atom is -0.383 e. The number of aromatic nitrogens is 1.